The van der Waals surface area contributed by atoms with Crippen molar-refractivity contribution in [2.24, 2.45) is 11.7 Å². The van der Waals surface area contributed by atoms with Crippen LogP contribution >= 0.6 is 0 Å². The van der Waals surface area contributed by atoms with Gasteiger partial charge in [0, 0.05) is 30.6 Å². The third kappa shape index (κ3) is 4.94. The van der Waals surface area contributed by atoms with Gasteiger partial charge in [-0.3, -0.25) is 9.69 Å². The summed E-state index contributed by atoms with van der Waals surface area (Å²) in [5.74, 6) is -0.702. The number of hydrogen-bond donors (Lipinski definition) is 2. The number of halogens is 2. The van der Waals surface area contributed by atoms with Gasteiger partial charge in [-0.05, 0) is 43.5 Å². The number of nitrogens with one attached hydrogen (secondary N) is 1. The minimum Gasteiger partial charge on any atom is -0.352 e. The van der Waals surface area contributed by atoms with Crippen LogP contribution in [0, 0.1) is 17.6 Å². The second-order valence-corrected chi connectivity index (χ2v) is 7.58. The maximum Gasteiger partial charge on any atom is 0.234 e. The molecule has 1 aliphatic heterocycles. The smallest absolute Gasteiger partial charge is 0.234 e. The van der Waals surface area contributed by atoms with Crippen LogP contribution < -0.4 is 11.1 Å². The van der Waals surface area contributed by atoms with E-state index in [0.717, 1.165) is 13.1 Å². The average molecular weight is 387 g/mol. The number of nitrogens with two attached hydrogens (primary N) is 1. The Kier molecular flexibility index (Phi) is 6.75. The zero-order valence-electron chi connectivity index (χ0n) is 16.1. The van der Waals surface area contributed by atoms with Crippen LogP contribution in [0.2, 0.25) is 0 Å². The minimum atomic E-state index is -0.586. The van der Waals surface area contributed by atoms with Crippen molar-refractivity contribution in [1.29, 1.82) is 0 Å². The highest BCUT2D eigenvalue weighted by atomic mass is 19.1. The van der Waals surface area contributed by atoms with Crippen molar-refractivity contribution in [3.8, 4) is 0 Å². The largest absolute Gasteiger partial charge is 0.352 e. The van der Waals surface area contributed by atoms with E-state index in [1.807, 2.05) is 18.2 Å². The molecule has 28 heavy (non-hydrogen) atoms. The predicted octanol–water partition coefficient (Wildman–Crippen LogP) is 2.69. The molecular formula is C22H27F2N3O. The first-order chi connectivity index (χ1) is 13.5. The van der Waals surface area contributed by atoms with E-state index >= 15 is 0 Å². The number of carbonyl (C=O) groups excluding carboxylic acids is 1. The van der Waals surface area contributed by atoms with Gasteiger partial charge in [0.15, 0.2) is 0 Å². The topological polar surface area (TPSA) is 58.4 Å². The molecule has 1 saturated heterocycles. The average Bonchev–Trinajstić information content (AvgIpc) is 3.08. The van der Waals surface area contributed by atoms with Gasteiger partial charge in [-0.2, -0.15) is 0 Å². The van der Waals surface area contributed by atoms with Gasteiger partial charge < -0.3 is 11.1 Å². The molecule has 3 atom stereocenters. The molecule has 0 spiro atoms. The molecule has 0 aliphatic carbocycles. The highest BCUT2D eigenvalue weighted by molar-refractivity contribution is 5.78. The van der Waals surface area contributed by atoms with Crippen molar-refractivity contribution in [3.05, 3.63) is 71.3 Å². The van der Waals surface area contributed by atoms with Crippen molar-refractivity contribution in [2.45, 2.75) is 25.3 Å². The number of nitrogens with zero attached hydrogens (tertiary/aromatic N) is 1. The fourth-order valence-electron chi connectivity index (χ4n) is 4.01. The van der Waals surface area contributed by atoms with E-state index in [2.05, 4.69) is 22.3 Å². The Balaban J connectivity index is 1.55. The van der Waals surface area contributed by atoms with Crippen LogP contribution in [0.3, 0.4) is 0 Å². The number of carbonyl (C=O) groups is 1. The van der Waals surface area contributed by atoms with E-state index in [0.29, 0.717) is 18.4 Å². The summed E-state index contributed by atoms with van der Waals surface area (Å²) in [6.07, 6.45) is 0.113. The molecule has 1 unspecified atom stereocenters. The number of rotatable bonds is 7. The number of hydrogen-bond acceptors (Lipinski definition) is 3. The zero-order chi connectivity index (χ0) is 20.1. The summed E-state index contributed by atoms with van der Waals surface area (Å²) in [6.45, 7) is 4.11. The van der Waals surface area contributed by atoms with E-state index in [9.17, 15) is 13.6 Å². The monoisotopic (exact) mass is 387 g/mol. The molecule has 3 N–H and O–H groups in total. The molecule has 1 heterocycles. The molecule has 0 aromatic heterocycles. The molecule has 1 aliphatic rings. The molecule has 0 bridgehead atoms. The van der Waals surface area contributed by atoms with Crippen LogP contribution in [0.25, 0.3) is 0 Å². The highest BCUT2D eigenvalue weighted by Crippen LogP contribution is 2.31. The quantitative estimate of drug-likeness (QED) is 0.768. The van der Waals surface area contributed by atoms with E-state index in [1.165, 1.54) is 23.8 Å². The van der Waals surface area contributed by atoms with E-state index in [1.54, 1.807) is 6.92 Å². The summed E-state index contributed by atoms with van der Waals surface area (Å²) in [6, 6.07) is 13.6. The molecule has 4 nitrogen and oxygen atoms in total. The molecule has 0 saturated carbocycles. The number of amides is 1. The standard InChI is InChI=1S/C22H27F2N3O/c1-15(10-18-20(23)8-5-9-21(18)24)26-22(28)14-27-12-17(11-25)19(13-27)16-6-3-2-4-7-16/h2-9,15,17,19H,10-14,25H2,1H3,(H,26,28)/t15?,17-,19+/m1/s1. The van der Waals surface area contributed by atoms with Crippen molar-refractivity contribution in [3.63, 3.8) is 0 Å². The van der Waals surface area contributed by atoms with E-state index < -0.39 is 11.6 Å². The summed E-state index contributed by atoms with van der Waals surface area (Å²) < 4.78 is 27.6. The van der Waals surface area contributed by atoms with Gasteiger partial charge in [-0.1, -0.05) is 36.4 Å². The molecule has 1 fully saturated rings. The van der Waals surface area contributed by atoms with Crippen LogP contribution in [-0.2, 0) is 11.2 Å². The van der Waals surface area contributed by atoms with Crippen LogP contribution in [0.1, 0.15) is 24.0 Å². The number of likely N-dealkylation sites (tertiary alicyclic amines) is 1. The van der Waals surface area contributed by atoms with Crippen molar-refractivity contribution >= 4 is 5.91 Å². The first-order valence-electron chi connectivity index (χ1n) is 9.67. The number of benzene rings is 2. The Morgan fingerprint density at radius 1 is 1.14 bits per heavy atom. The molecule has 2 aromatic carbocycles. The normalized spacial score (nSPS) is 20.9. The lowest BCUT2D eigenvalue weighted by atomic mass is 9.89. The fraction of sp³-hybridized carbons (Fsp3) is 0.409. The van der Waals surface area contributed by atoms with Gasteiger partial charge in [0.05, 0.1) is 6.54 Å². The van der Waals surface area contributed by atoms with Gasteiger partial charge in [0.25, 0.3) is 0 Å². The fourth-order valence-corrected chi connectivity index (χ4v) is 4.01. The summed E-state index contributed by atoms with van der Waals surface area (Å²) >= 11 is 0. The Hall–Kier alpha value is -2.31. The van der Waals surface area contributed by atoms with Crippen molar-refractivity contribution in [2.75, 3.05) is 26.2 Å². The third-order valence-electron chi connectivity index (χ3n) is 5.39. The predicted molar refractivity (Wildman–Crippen MR) is 106 cm³/mol. The molecule has 2 aromatic rings. The molecule has 6 heteroatoms. The zero-order valence-corrected chi connectivity index (χ0v) is 16.1. The molecule has 0 radical (unpaired) electrons. The van der Waals surface area contributed by atoms with Crippen molar-refractivity contribution < 1.29 is 13.6 Å². The molecular weight excluding hydrogens is 360 g/mol. The Bertz CT molecular complexity index is 779. The summed E-state index contributed by atoms with van der Waals surface area (Å²) in [4.78, 5) is 14.5. The lowest BCUT2D eigenvalue weighted by Crippen LogP contribution is -2.41. The molecule has 150 valence electrons. The van der Waals surface area contributed by atoms with E-state index in [4.69, 9.17) is 5.73 Å². The van der Waals surface area contributed by atoms with Gasteiger partial charge >= 0.3 is 0 Å². The molecule has 1 amide bonds. The lowest BCUT2D eigenvalue weighted by Gasteiger charge is -2.19. The first-order valence-corrected chi connectivity index (χ1v) is 9.67. The third-order valence-corrected chi connectivity index (χ3v) is 5.39. The Morgan fingerprint density at radius 2 is 1.82 bits per heavy atom. The van der Waals surface area contributed by atoms with Crippen LogP contribution in [0.15, 0.2) is 48.5 Å². The Labute approximate surface area is 164 Å². The van der Waals surface area contributed by atoms with E-state index in [-0.39, 0.29) is 30.5 Å². The minimum absolute atomic E-state index is 0.00353. The highest BCUT2D eigenvalue weighted by Gasteiger charge is 2.33. The van der Waals surface area contributed by atoms with Gasteiger partial charge in [-0.15, -0.1) is 0 Å². The SMILES string of the molecule is CC(Cc1c(F)cccc1F)NC(=O)CN1C[C@@H](CN)[C@H](c2ccccc2)C1. The second kappa shape index (κ2) is 9.26. The summed E-state index contributed by atoms with van der Waals surface area (Å²) in [5.41, 5.74) is 7.19. The van der Waals surface area contributed by atoms with Gasteiger partial charge in [0.2, 0.25) is 5.91 Å². The molecule has 3 rings (SSSR count). The van der Waals surface area contributed by atoms with Crippen LogP contribution in [0.5, 0.6) is 0 Å². The maximum absolute atomic E-state index is 13.8. The van der Waals surface area contributed by atoms with Gasteiger partial charge in [-0.25, -0.2) is 8.78 Å². The van der Waals surface area contributed by atoms with Crippen LogP contribution in [0.4, 0.5) is 8.78 Å². The Morgan fingerprint density at radius 3 is 2.46 bits per heavy atom. The maximum atomic E-state index is 13.8. The lowest BCUT2D eigenvalue weighted by molar-refractivity contribution is -0.122. The second-order valence-electron chi connectivity index (χ2n) is 7.58. The van der Waals surface area contributed by atoms with Crippen molar-refractivity contribution in [1.82, 2.24) is 10.2 Å². The summed E-state index contributed by atoms with van der Waals surface area (Å²) in [7, 11) is 0. The summed E-state index contributed by atoms with van der Waals surface area (Å²) in [5, 5.41) is 2.85. The first kappa shape index (κ1) is 20.4. The van der Waals surface area contributed by atoms with Gasteiger partial charge in [0.1, 0.15) is 11.6 Å². The van der Waals surface area contributed by atoms with Crippen LogP contribution in [-0.4, -0.2) is 43.0 Å².